The molecule has 2 aliphatic rings. The van der Waals surface area contributed by atoms with Crippen molar-refractivity contribution in [2.24, 2.45) is 0 Å². The molecule has 2 N–H and O–H groups in total. The maximum atomic E-state index is 12.7. The summed E-state index contributed by atoms with van der Waals surface area (Å²) in [6.07, 6.45) is 3.10. The highest BCUT2D eigenvalue weighted by Gasteiger charge is 2.32. The topological polar surface area (TPSA) is 69.6 Å². The summed E-state index contributed by atoms with van der Waals surface area (Å²) in [6, 6.07) is 3.55. The van der Waals surface area contributed by atoms with E-state index in [1.165, 1.54) is 21.2 Å². The molecular formula is C16H22N2O3S2. The second kappa shape index (κ2) is 6.39. The molecule has 1 aromatic rings. The number of aliphatic hydroxyl groups excluding tert-OH is 1. The summed E-state index contributed by atoms with van der Waals surface area (Å²) in [7, 11) is -3.50. The van der Waals surface area contributed by atoms with Crippen LogP contribution in [0.1, 0.15) is 31.6 Å². The normalized spacial score (nSPS) is 23.1. The summed E-state index contributed by atoms with van der Waals surface area (Å²) in [4.78, 5) is 0.957. The number of nitrogens with zero attached hydrogens (tertiary/aromatic N) is 1. The molecule has 23 heavy (non-hydrogen) atoms. The Hall–Kier alpha value is -1.15. The van der Waals surface area contributed by atoms with Crippen LogP contribution in [0, 0.1) is 0 Å². The SMILES string of the molecule is CCC1=CC(c2ccc(S(=O)(=O)N3CCC(O)C3)s2)=C(C)NC1. The van der Waals surface area contributed by atoms with Gasteiger partial charge in [0.25, 0.3) is 10.0 Å². The third kappa shape index (κ3) is 3.24. The van der Waals surface area contributed by atoms with Gasteiger partial charge in [0.1, 0.15) is 4.21 Å². The Kier molecular flexibility index (Phi) is 4.64. The van der Waals surface area contributed by atoms with Gasteiger partial charge in [-0.15, -0.1) is 11.3 Å². The fourth-order valence-electron chi connectivity index (χ4n) is 2.85. The lowest BCUT2D eigenvalue weighted by atomic mass is 10.0. The van der Waals surface area contributed by atoms with Gasteiger partial charge < -0.3 is 10.4 Å². The van der Waals surface area contributed by atoms with Gasteiger partial charge in [-0.05, 0) is 31.9 Å². The standard InChI is InChI=1S/C16H22N2O3S2/c1-3-12-8-14(11(2)17-9-12)15-4-5-16(22-15)23(20,21)18-7-6-13(19)10-18/h4-5,8,13,17,19H,3,6-7,9-10H2,1-2H3. The van der Waals surface area contributed by atoms with E-state index in [1.54, 1.807) is 6.07 Å². The van der Waals surface area contributed by atoms with Crippen LogP contribution in [-0.4, -0.2) is 43.6 Å². The van der Waals surface area contributed by atoms with Gasteiger partial charge in [-0.1, -0.05) is 18.6 Å². The molecule has 2 aliphatic heterocycles. The van der Waals surface area contributed by atoms with Crippen molar-refractivity contribution < 1.29 is 13.5 Å². The Morgan fingerprint density at radius 1 is 1.43 bits per heavy atom. The predicted octanol–water partition coefficient (Wildman–Crippen LogP) is 2.17. The second-order valence-electron chi connectivity index (χ2n) is 5.97. The largest absolute Gasteiger partial charge is 0.392 e. The Bertz CT molecular complexity index is 762. The average Bonchev–Trinajstić information content (AvgIpc) is 3.17. The van der Waals surface area contributed by atoms with Crippen molar-refractivity contribution in [3.63, 3.8) is 0 Å². The monoisotopic (exact) mass is 354 g/mol. The predicted molar refractivity (Wildman–Crippen MR) is 92.7 cm³/mol. The molecule has 0 amide bonds. The van der Waals surface area contributed by atoms with Gasteiger partial charge in [-0.2, -0.15) is 4.31 Å². The maximum absolute atomic E-state index is 12.7. The van der Waals surface area contributed by atoms with Crippen molar-refractivity contribution >= 4 is 26.9 Å². The van der Waals surface area contributed by atoms with Gasteiger partial charge in [-0.3, -0.25) is 0 Å². The number of hydrogen-bond acceptors (Lipinski definition) is 5. The van der Waals surface area contributed by atoms with Crippen molar-refractivity contribution in [2.45, 2.75) is 37.0 Å². The van der Waals surface area contributed by atoms with E-state index in [1.807, 2.05) is 13.0 Å². The molecule has 1 fully saturated rings. The molecule has 3 rings (SSSR count). The number of rotatable bonds is 4. The van der Waals surface area contributed by atoms with E-state index >= 15 is 0 Å². The molecule has 7 heteroatoms. The molecule has 1 unspecified atom stereocenters. The number of allylic oxidation sites excluding steroid dienone is 3. The molecule has 0 saturated carbocycles. The molecule has 0 aromatic carbocycles. The number of nitrogens with one attached hydrogen (secondary N) is 1. The summed E-state index contributed by atoms with van der Waals surface area (Å²) >= 11 is 1.30. The van der Waals surface area contributed by atoms with Crippen LogP contribution in [0.5, 0.6) is 0 Å². The molecule has 3 heterocycles. The van der Waals surface area contributed by atoms with E-state index in [0.717, 1.165) is 29.1 Å². The number of thiophene rings is 1. The van der Waals surface area contributed by atoms with Crippen LogP contribution in [0.25, 0.3) is 5.57 Å². The van der Waals surface area contributed by atoms with Gasteiger partial charge in [0.05, 0.1) is 6.10 Å². The highest BCUT2D eigenvalue weighted by molar-refractivity contribution is 7.91. The van der Waals surface area contributed by atoms with E-state index < -0.39 is 16.1 Å². The van der Waals surface area contributed by atoms with Crippen LogP contribution >= 0.6 is 11.3 Å². The summed E-state index contributed by atoms with van der Waals surface area (Å²) in [5.74, 6) is 0. The van der Waals surface area contributed by atoms with Gasteiger partial charge >= 0.3 is 0 Å². The van der Waals surface area contributed by atoms with Crippen LogP contribution in [0.4, 0.5) is 0 Å². The highest BCUT2D eigenvalue weighted by atomic mass is 32.2. The second-order valence-corrected chi connectivity index (χ2v) is 9.22. The van der Waals surface area contributed by atoms with Crippen molar-refractivity contribution in [3.8, 4) is 0 Å². The van der Waals surface area contributed by atoms with Crippen LogP contribution in [0.2, 0.25) is 0 Å². The van der Waals surface area contributed by atoms with Crippen LogP contribution in [-0.2, 0) is 10.0 Å². The molecule has 0 radical (unpaired) electrons. The summed E-state index contributed by atoms with van der Waals surface area (Å²) in [5, 5.41) is 12.9. The molecule has 0 bridgehead atoms. The van der Waals surface area contributed by atoms with E-state index in [4.69, 9.17) is 0 Å². The fourth-order valence-corrected chi connectivity index (χ4v) is 5.87. The third-order valence-corrected chi connectivity index (χ3v) is 7.81. The molecule has 1 saturated heterocycles. The Balaban J connectivity index is 1.90. The van der Waals surface area contributed by atoms with Crippen LogP contribution in [0.15, 0.2) is 33.7 Å². The first kappa shape index (κ1) is 16.7. The summed E-state index contributed by atoms with van der Waals surface area (Å²) in [6.45, 7) is 5.57. The first-order chi connectivity index (χ1) is 10.9. The van der Waals surface area contributed by atoms with E-state index in [-0.39, 0.29) is 6.54 Å². The zero-order valence-corrected chi connectivity index (χ0v) is 15.0. The maximum Gasteiger partial charge on any atom is 0.252 e. The van der Waals surface area contributed by atoms with Crippen molar-refractivity contribution in [1.82, 2.24) is 9.62 Å². The van der Waals surface area contributed by atoms with Gasteiger partial charge in [0.15, 0.2) is 0 Å². The van der Waals surface area contributed by atoms with Gasteiger partial charge in [0.2, 0.25) is 0 Å². The smallest absolute Gasteiger partial charge is 0.252 e. The average molecular weight is 354 g/mol. The minimum absolute atomic E-state index is 0.193. The Labute approximate surface area is 141 Å². The first-order valence-corrected chi connectivity index (χ1v) is 10.1. The van der Waals surface area contributed by atoms with Crippen LogP contribution in [0.3, 0.4) is 0 Å². The number of aliphatic hydroxyl groups is 1. The molecule has 1 aromatic heterocycles. The molecule has 0 spiro atoms. The molecule has 126 valence electrons. The van der Waals surface area contributed by atoms with E-state index in [0.29, 0.717) is 17.2 Å². The van der Waals surface area contributed by atoms with E-state index in [2.05, 4.69) is 18.3 Å². The molecule has 5 nitrogen and oxygen atoms in total. The van der Waals surface area contributed by atoms with E-state index in [9.17, 15) is 13.5 Å². The quantitative estimate of drug-likeness (QED) is 0.869. The molecule has 0 aliphatic carbocycles. The van der Waals surface area contributed by atoms with Crippen molar-refractivity contribution in [3.05, 3.63) is 34.4 Å². The number of sulfonamides is 1. The summed E-state index contributed by atoms with van der Waals surface area (Å²) < 4.78 is 27.0. The summed E-state index contributed by atoms with van der Waals surface area (Å²) in [5.41, 5.74) is 3.46. The minimum atomic E-state index is -3.50. The first-order valence-electron chi connectivity index (χ1n) is 7.84. The fraction of sp³-hybridized carbons (Fsp3) is 0.500. The lowest BCUT2D eigenvalue weighted by molar-refractivity contribution is 0.189. The number of β-amino-alcohol motifs (C(OH)–C–C–N with tert-alkyl or cyclic N) is 1. The van der Waals surface area contributed by atoms with Crippen molar-refractivity contribution in [1.29, 1.82) is 0 Å². The zero-order valence-electron chi connectivity index (χ0n) is 13.4. The molecule has 1 atom stereocenters. The van der Waals surface area contributed by atoms with Gasteiger partial charge in [-0.25, -0.2) is 8.42 Å². The number of hydrogen-bond donors (Lipinski definition) is 2. The molecular weight excluding hydrogens is 332 g/mol. The van der Waals surface area contributed by atoms with Crippen molar-refractivity contribution in [2.75, 3.05) is 19.6 Å². The van der Waals surface area contributed by atoms with Crippen LogP contribution < -0.4 is 5.32 Å². The Morgan fingerprint density at radius 2 is 2.22 bits per heavy atom. The van der Waals surface area contributed by atoms with Gasteiger partial charge in [0, 0.05) is 35.8 Å². The Morgan fingerprint density at radius 3 is 2.87 bits per heavy atom. The number of dihydropyridines is 1. The lowest BCUT2D eigenvalue weighted by Crippen LogP contribution is -2.29. The minimum Gasteiger partial charge on any atom is -0.392 e. The lowest BCUT2D eigenvalue weighted by Gasteiger charge is -2.18. The zero-order chi connectivity index (χ0) is 16.6. The third-order valence-electron chi connectivity index (χ3n) is 4.35. The highest BCUT2D eigenvalue weighted by Crippen LogP contribution is 2.34.